The number of hydrogen-bond donors (Lipinski definition) is 9. The molecule has 4 saturated carbocycles. The highest BCUT2D eigenvalue weighted by atomic mass is 16.7. The van der Waals surface area contributed by atoms with E-state index in [2.05, 4.69) is 11.9 Å². The lowest BCUT2D eigenvalue weighted by Crippen LogP contribution is -2.69. The Labute approximate surface area is 371 Å². The molecule has 64 heavy (non-hydrogen) atoms. The number of carbonyl (C=O) groups excluding carboxylic acids is 2. The van der Waals surface area contributed by atoms with Crippen molar-refractivity contribution < 1.29 is 83.7 Å². The average Bonchev–Trinajstić information content (AvgIpc) is 3.37. The van der Waals surface area contributed by atoms with Crippen LogP contribution in [0.4, 0.5) is 0 Å². The molecule has 4 aliphatic carbocycles. The van der Waals surface area contributed by atoms with Crippen LogP contribution >= 0.6 is 0 Å². The van der Waals surface area contributed by atoms with Gasteiger partial charge >= 0.3 is 17.9 Å². The molecule has 7 rings (SSSR count). The second-order valence-electron chi connectivity index (χ2n) is 19.9. The number of benzene rings is 1. The van der Waals surface area contributed by atoms with Gasteiger partial charge in [-0.15, -0.1) is 0 Å². The van der Waals surface area contributed by atoms with Crippen molar-refractivity contribution in [2.45, 2.75) is 171 Å². The minimum atomic E-state index is -2.39. The number of aryl methyl sites for hydroxylation is 1. The van der Waals surface area contributed by atoms with Crippen LogP contribution in [0.15, 0.2) is 42.5 Å². The van der Waals surface area contributed by atoms with E-state index in [1.807, 2.05) is 37.3 Å². The van der Waals surface area contributed by atoms with Crippen molar-refractivity contribution in [1.29, 1.82) is 0 Å². The first-order valence-electron chi connectivity index (χ1n) is 22.5. The third-order valence-electron chi connectivity index (χ3n) is 15.6. The fraction of sp³-hybridized carbons (Fsp3) is 0.739. The molecule has 0 unspecified atom stereocenters. The van der Waals surface area contributed by atoms with E-state index < -0.39 is 144 Å². The Morgan fingerprint density at radius 2 is 1.56 bits per heavy atom. The highest BCUT2D eigenvalue weighted by Gasteiger charge is 2.74. The van der Waals surface area contributed by atoms with Crippen LogP contribution in [-0.2, 0) is 49.3 Å². The second kappa shape index (κ2) is 18.3. The van der Waals surface area contributed by atoms with Gasteiger partial charge in [0.05, 0.1) is 30.5 Å². The van der Waals surface area contributed by atoms with Crippen molar-refractivity contribution in [3.8, 4) is 0 Å². The van der Waals surface area contributed by atoms with Crippen molar-refractivity contribution >= 4 is 23.8 Å². The standard InChI is InChI=1S/C46H65NO17/c1-22(2)17-30(49)47-32-37(63-31(50)12-11-25-9-7-6-8-10-25)36(64-40-35(53)34(52)33(51)24(4)60-40)27(20-48)62-39(32)61-26-18-43(5)28-14-16-45(59)21-44(28,38(54)23(45)3)15-13-29(43)46(19-26,41(55)56)42(57)58/h6-10,22,24,26-29,32-40,48,51-54,59H,3,11-21H2,1-2,4-5H3,(H,47,49)(H,55,56)(H,57,58)/t24-,26-,27+,28+,29+,32+,33-,34+,35+,36+,37+,38-,39+,40-,43+,44-,45+/m0/s1. The van der Waals surface area contributed by atoms with E-state index in [9.17, 15) is 60.0 Å². The van der Waals surface area contributed by atoms with E-state index in [4.69, 9.17) is 23.7 Å². The number of carbonyl (C=O) groups is 4. The van der Waals surface area contributed by atoms with E-state index in [-0.39, 0.29) is 57.3 Å². The average molecular weight is 904 g/mol. The van der Waals surface area contributed by atoms with Gasteiger partial charge in [-0.2, -0.15) is 0 Å². The maximum atomic E-state index is 13.9. The third kappa shape index (κ3) is 8.41. The minimum absolute atomic E-state index is 0.0209. The summed E-state index contributed by atoms with van der Waals surface area (Å²) >= 11 is 0. The maximum Gasteiger partial charge on any atom is 0.321 e. The Morgan fingerprint density at radius 3 is 2.20 bits per heavy atom. The number of aliphatic hydroxyl groups is 6. The molecule has 1 aromatic carbocycles. The fourth-order valence-electron chi connectivity index (χ4n) is 12.6. The predicted octanol–water partition coefficient (Wildman–Crippen LogP) is 1.19. The molecule has 2 heterocycles. The summed E-state index contributed by atoms with van der Waals surface area (Å²) in [7, 11) is 0. The number of amides is 1. The molecule has 6 fully saturated rings. The number of aliphatic carboxylic acids is 2. The van der Waals surface area contributed by atoms with E-state index in [1.54, 1.807) is 13.8 Å². The summed E-state index contributed by atoms with van der Waals surface area (Å²) < 4.78 is 31.2. The minimum Gasteiger partial charge on any atom is -0.480 e. The van der Waals surface area contributed by atoms with Crippen molar-refractivity contribution in [2.75, 3.05) is 6.61 Å². The zero-order valence-corrected chi connectivity index (χ0v) is 36.8. The van der Waals surface area contributed by atoms with E-state index >= 15 is 0 Å². The van der Waals surface area contributed by atoms with Gasteiger partial charge in [-0.3, -0.25) is 19.2 Å². The summed E-state index contributed by atoms with van der Waals surface area (Å²) in [4.78, 5) is 54.7. The molecular weight excluding hydrogens is 838 g/mol. The molecule has 1 amide bonds. The van der Waals surface area contributed by atoms with E-state index in [0.717, 1.165) is 5.56 Å². The highest BCUT2D eigenvalue weighted by Crippen LogP contribution is 2.73. The molecule has 17 atom stereocenters. The third-order valence-corrected chi connectivity index (χ3v) is 15.6. The molecule has 1 spiro atoms. The summed E-state index contributed by atoms with van der Waals surface area (Å²) in [5.41, 5.74) is -4.62. The number of fused-ring (bicyclic) bond motifs is 3. The Bertz CT molecular complexity index is 1900. The number of nitrogens with one attached hydrogen (secondary N) is 1. The Kier molecular flexibility index (Phi) is 13.8. The first kappa shape index (κ1) is 48.4. The van der Waals surface area contributed by atoms with Gasteiger partial charge in [-0.05, 0) is 86.2 Å². The summed E-state index contributed by atoms with van der Waals surface area (Å²) in [5.74, 6) is -6.00. The number of rotatable bonds is 14. The first-order valence-corrected chi connectivity index (χ1v) is 22.5. The largest absolute Gasteiger partial charge is 0.480 e. The molecule has 0 aromatic heterocycles. The van der Waals surface area contributed by atoms with Gasteiger partial charge in [0.1, 0.15) is 36.6 Å². The molecular formula is C46H65NO17. The quantitative estimate of drug-likeness (QED) is 0.0549. The zero-order chi connectivity index (χ0) is 46.7. The van der Waals surface area contributed by atoms with Gasteiger partial charge in [-0.25, -0.2) is 0 Å². The summed E-state index contributed by atoms with van der Waals surface area (Å²) in [6.07, 6.45) is -15.5. The Hall–Kier alpha value is -3.56. The monoisotopic (exact) mass is 903 g/mol. The van der Waals surface area contributed by atoms with Gasteiger partial charge in [-0.1, -0.05) is 57.7 Å². The van der Waals surface area contributed by atoms with Crippen molar-refractivity contribution in [3.63, 3.8) is 0 Å². The summed E-state index contributed by atoms with van der Waals surface area (Å²) in [6.45, 7) is 10.1. The predicted molar refractivity (Wildman–Crippen MR) is 222 cm³/mol. The summed E-state index contributed by atoms with van der Waals surface area (Å²) in [5, 5.41) is 91.0. The normalized spacial score (nSPS) is 42.6. The van der Waals surface area contributed by atoms with Crippen molar-refractivity contribution in [1.82, 2.24) is 5.32 Å². The van der Waals surface area contributed by atoms with Crippen molar-refractivity contribution in [2.24, 2.45) is 34.0 Å². The maximum absolute atomic E-state index is 13.9. The van der Waals surface area contributed by atoms with Gasteiger partial charge in [0, 0.05) is 24.7 Å². The first-order chi connectivity index (χ1) is 30.1. The molecule has 18 nitrogen and oxygen atoms in total. The molecule has 2 bridgehead atoms. The van der Waals surface area contributed by atoms with Crippen LogP contribution < -0.4 is 5.32 Å². The zero-order valence-electron chi connectivity index (χ0n) is 36.8. The van der Waals surface area contributed by atoms with E-state index in [0.29, 0.717) is 12.0 Å². The van der Waals surface area contributed by atoms with Crippen LogP contribution in [0.25, 0.3) is 0 Å². The van der Waals surface area contributed by atoms with Gasteiger partial charge in [0.25, 0.3) is 0 Å². The van der Waals surface area contributed by atoms with Gasteiger partial charge in [0.2, 0.25) is 5.91 Å². The number of hydrogen-bond acceptors (Lipinski definition) is 15. The fourth-order valence-corrected chi connectivity index (χ4v) is 12.6. The molecule has 2 aliphatic heterocycles. The van der Waals surface area contributed by atoms with Crippen molar-refractivity contribution in [3.05, 3.63) is 48.0 Å². The number of carboxylic acids is 2. The topological polar surface area (TPSA) is 288 Å². The molecule has 356 valence electrons. The van der Waals surface area contributed by atoms with E-state index in [1.165, 1.54) is 6.92 Å². The number of esters is 1. The molecule has 18 heteroatoms. The molecule has 1 aromatic rings. The number of ether oxygens (including phenoxy) is 5. The molecule has 6 aliphatic rings. The SMILES string of the molecule is C=C1[C@H](O)[C@]23CC[C@H]4C(C(=O)O)(C(=O)O)C[C@@H](O[C@@H]5O[C@H](CO)[C@@H](O[C@@H]6O[C@@H](C)[C@H](O)[C@@H](O)[C@H]6O)[C@H](OC(=O)CCc6ccccc6)[C@H]5NC(=O)CC(C)C)C[C@]4(C)[C@H]2CC[C@@]1(O)C3. The van der Waals surface area contributed by atoms with Crippen LogP contribution in [0.2, 0.25) is 0 Å². The van der Waals surface area contributed by atoms with Gasteiger partial charge in [0.15, 0.2) is 24.1 Å². The second-order valence-corrected chi connectivity index (χ2v) is 19.9. The Balaban J connectivity index is 1.27. The van der Waals surface area contributed by atoms with Crippen LogP contribution in [0.5, 0.6) is 0 Å². The lowest BCUT2D eigenvalue weighted by Gasteiger charge is -2.64. The smallest absolute Gasteiger partial charge is 0.321 e. The number of aliphatic hydroxyl groups excluding tert-OH is 5. The highest BCUT2D eigenvalue weighted by molar-refractivity contribution is 5.99. The van der Waals surface area contributed by atoms with Crippen LogP contribution in [0.1, 0.15) is 91.0 Å². The lowest BCUT2D eigenvalue weighted by atomic mass is 9.40. The summed E-state index contributed by atoms with van der Waals surface area (Å²) in [6, 6.07) is 7.63. The molecule has 9 N–H and O–H groups in total. The Morgan fingerprint density at radius 1 is 0.891 bits per heavy atom. The van der Waals surface area contributed by atoms with Crippen LogP contribution in [0.3, 0.4) is 0 Å². The van der Waals surface area contributed by atoms with Gasteiger partial charge < -0.3 is 69.9 Å². The number of carboxylic acid groups (broad SMARTS) is 2. The lowest BCUT2D eigenvalue weighted by molar-refractivity contribution is -0.350. The van der Waals surface area contributed by atoms with Crippen LogP contribution in [0, 0.1) is 34.0 Å². The van der Waals surface area contributed by atoms with Crippen LogP contribution in [-0.4, -0.2) is 150 Å². The molecule has 2 saturated heterocycles. The molecule has 0 radical (unpaired) electrons.